The van der Waals surface area contributed by atoms with Crippen LogP contribution in [0.1, 0.15) is 51.9 Å². The highest BCUT2D eigenvalue weighted by Gasteiger charge is 2.58. The highest BCUT2D eigenvalue weighted by atomic mass is 16.3. The number of hydrogen-bond acceptors (Lipinski definition) is 3. The Balaban J connectivity index is 1.73. The number of aliphatic hydroxyl groups is 1. The van der Waals surface area contributed by atoms with Crippen molar-refractivity contribution in [2.75, 3.05) is 0 Å². The fourth-order valence-electron chi connectivity index (χ4n) is 5.49. The van der Waals surface area contributed by atoms with Crippen molar-refractivity contribution in [3.05, 3.63) is 34.9 Å². The maximum Gasteiger partial charge on any atom is 0.156 e. The number of carbonyl (C=O) groups excluding carboxylic acids is 1. The molecule has 0 unspecified atom stereocenters. The molecule has 4 atom stereocenters. The van der Waals surface area contributed by atoms with Crippen LogP contribution in [0, 0.1) is 28.6 Å². The largest absolute Gasteiger partial charge is 0.384 e. The van der Waals surface area contributed by atoms with Crippen LogP contribution in [-0.2, 0) is 4.79 Å². The van der Waals surface area contributed by atoms with Crippen molar-refractivity contribution >= 4 is 5.78 Å². The van der Waals surface area contributed by atoms with Gasteiger partial charge in [0.25, 0.3) is 0 Å². The zero-order valence-electron chi connectivity index (χ0n) is 13.6. The maximum absolute atomic E-state index is 11.7. The van der Waals surface area contributed by atoms with Crippen LogP contribution in [0.3, 0.4) is 0 Å². The van der Waals surface area contributed by atoms with E-state index in [1.165, 1.54) is 16.7 Å². The molecule has 0 aromatic heterocycles. The molecule has 3 heteroatoms. The molecule has 3 nitrogen and oxygen atoms in total. The van der Waals surface area contributed by atoms with Crippen molar-refractivity contribution in [3.8, 4) is 6.07 Å². The summed E-state index contributed by atoms with van der Waals surface area (Å²) in [5.41, 5.74) is 3.02. The minimum Gasteiger partial charge on any atom is -0.384 e. The molecule has 0 bridgehead atoms. The topological polar surface area (TPSA) is 61.1 Å². The Morgan fingerprint density at radius 1 is 1.35 bits per heavy atom. The van der Waals surface area contributed by atoms with Gasteiger partial charge >= 0.3 is 0 Å². The summed E-state index contributed by atoms with van der Waals surface area (Å²) >= 11 is 0. The first kappa shape index (κ1) is 14.9. The van der Waals surface area contributed by atoms with Gasteiger partial charge in [0, 0.05) is 11.8 Å². The van der Waals surface area contributed by atoms with E-state index in [9.17, 15) is 9.90 Å². The van der Waals surface area contributed by atoms with E-state index in [1.807, 2.05) is 12.2 Å². The summed E-state index contributed by atoms with van der Waals surface area (Å²) in [5.74, 6) is 1.06. The van der Waals surface area contributed by atoms with Gasteiger partial charge in [-0.1, -0.05) is 24.6 Å². The van der Waals surface area contributed by atoms with E-state index in [1.54, 1.807) is 0 Å². The number of rotatable bonds is 1. The minimum absolute atomic E-state index is 0.175. The lowest BCUT2D eigenvalue weighted by Crippen LogP contribution is -2.50. The molecule has 0 radical (unpaired) electrons. The third-order valence-electron chi connectivity index (χ3n) is 6.90. The predicted molar refractivity (Wildman–Crippen MR) is 87.2 cm³/mol. The van der Waals surface area contributed by atoms with E-state index in [2.05, 4.69) is 19.1 Å². The van der Waals surface area contributed by atoms with Crippen molar-refractivity contribution in [2.45, 2.75) is 57.5 Å². The molecule has 4 aliphatic rings. The van der Waals surface area contributed by atoms with Crippen molar-refractivity contribution in [1.29, 1.82) is 5.26 Å². The molecule has 0 heterocycles. The van der Waals surface area contributed by atoms with Crippen LogP contribution in [0.2, 0.25) is 0 Å². The molecule has 120 valence electrons. The second kappa shape index (κ2) is 4.92. The highest BCUT2D eigenvalue weighted by molar-refractivity contribution is 5.93. The summed E-state index contributed by atoms with van der Waals surface area (Å²) in [6, 6.07) is 2.17. The van der Waals surface area contributed by atoms with E-state index < -0.39 is 5.60 Å². The van der Waals surface area contributed by atoms with Gasteiger partial charge in [0.2, 0.25) is 0 Å². The van der Waals surface area contributed by atoms with E-state index in [0.29, 0.717) is 18.3 Å². The third kappa shape index (κ3) is 1.94. The number of hydrogen-bond donors (Lipinski definition) is 1. The van der Waals surface area contributed by atoms with Gasteiger partial charge in [-0.3, -0.25) is 4.79 Å². The lowest BCUT2D eigenvalue weighted by molar-refractivity contribution is -0.114. The Morgan fingerprint density at radius 2 is 2.17 bits per heavy atom. The van der Waals surface area contributed by atoms with Gasteiger partial charge in [-0.05, 0) is 61.2 Å². The first-order valence-electron chi connectivity index (χ1n) is 8.73. The molecule has 1 N–H and O–H groups in total. The molecule has 0 amide bonds. The summed E-state index contributed by atoms with van der Waals surface area (Å²) in [7, 11) is 0. The molecule has 0 spiro atoms. The molecule has 0 aromatic rings. The van der Waals surface area contributed by atoms with E-state index in [4.69, 9.17) is 5.26 Å². The van der Waals surface area contributed by atoms with Gasteiger partial charge in [-0.2, -0.15) is 5.26 Å². The third-order valence-corrected chi connectivity index (χ3v) is 6.90. The molecular weight excluding hydrogens is 286 g/mol. The van der Waals surface area contributed by atoms with E-state index in [0.717, 1.165) is 32.1 Å². The zero-order chi connectivity index (χ0) is 16.2. The van der Waals surface area contributed by atoms with Crippen molar-refractivity contribution in [3.63, 3.8) is 0 Å². The van der Waals surface area contributed by atoms with E-state index in [-0.39, 0.29) is 17.6 Å². The maximum atomic E-state index is 11.7. The summed E-state index contributed by atoms with van der Waals surface area (Å²) in [4.78, 5) is 11.7. The molecule has 0 saturated heterocycles. The van der Waals surface area contributed by atoms with Gasteiger partial charge in [-0.15, -0.1) is 0 Å². The number of nitriles is 1. The van der Waals surface area contributed by atoms with Crippen molar-refractivity contribution in [2.24, 2.45) is 17.3 Å². The Hall–Kier alpha value is -1.66. The van der Waals surface area contributed by atoms with Crippen molar-refractivity contribution < 1.29 is 9.90 Å². The molecule has 23 heavy (non-hydrogen) atoms. The fraction of sp³-hybridized carbons (Fsp3) is 0.600. The van der Waals surface area contributed by atoms with Gasteiger partial charge in [0.05, 0.1) is 12.5 Å². The lowest BCUT2D eigenvalue weighted by Gasteiger charge is -2.51. The molecule has 1 fully saturated rings. The molecule has 0 aliphatic heterocycles. The van der Waals surface area contributed by atoms with Gasteiger partial charge in [0.15, 0.2) is 5.78 Å². The summed E-state index contributed by atoms with van der Waals surface area (Å²) in [5, 5.41) is 20.1. The van der Waals surface area contributed by atoms with Crippen LogP contribution >= 0.6 is 0 Å². The molecule has 4 aliphatic carbocycles. The minimum atomic E-state index is -0.985. The SMILES string of the molecule is C[C@]12CCC3=C4CCC(=O)C=C4CC[C@H]3[C@@H]1C=C[C@@]2(O)CC#N. The summed E-state index contributed by atoms with van der Waals surface area (Å²) in [6.07, 6.45) is 11.6. The van der Waals surface area contributed by atoms with Crippen molar-refractivity contribution in [1.82, 2.24) is 0 Å². The first-order valence-corrected chi connectivity index (χ1v) is 8.73. The molecule has 4 rings (SSSR count). The fourth-order valence-corrected chi connectivity index (χ4v) is 5.49. The summed E-state index contributed by atoms with van der Waals surface area (Å²) in [6.45, 7) is 2.16. The Labute approximate surface area is 137 Å². The number of allylic oxidation sites excluding steroid dienone is 5. The standard InChI is InChI=1S/C20H23NO2/c1-19-8-6-16-15-5-3-14(22)12-13(15)2-4-17(16)18(19)7-9-20(19,23)10-11-21/h7,9,12,17-18,23H,2-6,8,10H2,1H3/t17-,18+,19+,20-/m1/s1. The van der Waals surface area contributed by atoms with Gasteiger partial charge in [-0.25, -0.2) is 0 Å². The smallest absolute Gasteiger partial charge is 0.156 e. The van der Waals surface area contributed by atoms with Crippen LogP contribution in [-0.4, -0.2) is 16.5 Å². The molecular formula is C20H23NO2. The number of carbonyl (C=O) groups is 1. The Kier molecular flexibility index (Phi) is 3.19. The highest BCUT2D eigenvalue weighted by Crippen LogP contribution is 2.61. The summed E-state index contributed by atoms with van der Waals surface area (Å²) < 4.78 is 0. The molecule has 1 saturated carbocycles. The predicted octanol–water partition coefficient (Wildman–Crippen LogP) is 3.61. The average molecular weight is 309 g/mol. The zero-order valence-corrected chi connectivity index (χ0v) is 13.6. The molecule has 0 aromatic carbocycles. The monoisotopic (exact) mass is 309 g/mol. The first-order chi connectivity index (χ1) is 11.0. The lowest BCUT2D eigenvalue weighted by atomic mass is 9.54. The number of nitrogens with zero attached hydrogens (tertiary/aromatic N) is 1. The van der Waals surface area contributed by atoms with E-state index >= 15 is 0 Å². The van der Waals surface area contributed by atoms with Crippen LogP contribution in [0.25, 0.3) is 0 Å². The Morgan fingerprint density at radius 3 is 2.96 bits per heavy atom. The number of ketones is 1. The van der Waals surface area contributed by atoms with Crippen LogP contribution in [0.5, 0.6) is 0 Å². The normalized spacial score (nSPS) is 41.8. The van der Waals surface area contributed by atoms with Crippen LogP contribution < -0.4 is 0 Å². The average Bonchev–Trinajstić information content (AvgIpc) is 2.79. The van der Waals surface area contributed by atoms with Crippen LogP contribution in [0.15, 0.2) is 34.9 Å². The van der Waals surface area contributed by atoms with Gasteiger partial charge < -0.3 is 5.11 Å². The quantitative estimate of drug-likeness (QED) is 0.753. The van der Waals surface area contributed by atoms with Gasteiger partial charge in [0.1, 0.15) is 5.60 Å². The Bertz CT molecular complexity index is 708. The second-order valence-electron chi connectivity index (χ2n) is 7.85. The van der Waals surface area contributed by atoms with Crippen LogP contribution in [0.4, 0.5) is 0 Å². The number of fused-ring (bicyclic) bond motifs is 4. The second-order valence-corrected chi connectivity index (χ2v) is 7.85.